The third kappa shape index (κ3) is 39.1. The van der Waals surface area contributed by atoms with Crippen molar-refractivity contribution in [3.8, 4) is 0 Å². The normalized spacial score (nSPS) is 20.1. The van der Waals surface area contributed by atoms with Gasteiger partial charge in [0.2, 0.25) is 5.91 Å². The van der Waals surface area contributed by atoms with E-state index in [2.05, 4.69) is 99.0 Å². The summed E-state index contributed by atoms with van der Waals surface area (Å²) in [5.41, 5.74) is 0. The predicted molar refractivity (Wildman–Crippen MR) is 310 cm³/mol. The summed E-state index contributed by atoms with van der Waals surface area (Å²) in [5, 5.41) is 56.8. The molecule has 11 heteroatoms. The molecule has 0 bridgehead atoms. The van der Waals surface area contributed by atoms with Crippen LogP contribution < -0.4 is 5.32 Å². The Morgan fingerprint density at radius 1 is 0.547 bits per heavy atom. The molecule has 0 aromatic rings. The predicted octanol–water partition coefficient (Wildman–Crippen LogP) is 13.5. The summed E-state index contributed by atoms with van der Waals surface area (Å²) in [4.78, 5) is 26.5. The first-order valence-corrected chi connectivity index (χ1v) is 29.4. The number of ether oxygens (including phenoxy) is 3. The van der Waals surface area contributed by atoms with Gasteiger partial charge in [0, 0.05) is 6.42 Å². The van der Waals surface area contributed by atoms with Crippen molar-refractivity contribution in [2.75, 3.05) is 13.2 Å². The van der Waals surface area contributed by atoms with Crippen LogP contribution in [0.2, 0.25) is 0 Å². The quantitative estimate of drug-likeness (QED) is 0.0149. The van der Waals surface area contributed by atoms with Gasteiger partial charge in [-0.25, -0.2) is 0 Å². The Balaban J connectivity index is 2.76. The standard InChI is InChI=1S/C64H105NO10/c1-4-7-10-13-16-19-22-25-26-27-28-29-30-31-34-36-39-42-45-48-51-57(68)63(72)65-55(56(67)50-47-44-41-38-35-32-23-20-17-14-11-8-5-2)54-73-64-62(61(71)60(70)58(53-66)74-64)75-59(69)52-49-46-43-40-37-33-24-21-18-15-12-9-6-3/h7,9-10,12,15-16,18-19,21,24-26,28-29,31,33-34,37,47,50,55-58,60-62,64,66-68,70-71H,4-6,8,11,13-14,17,20,22-23,27,30,32,35-36,38-46,48-49,51-54H2,1-3H3,(H,65,72)/b10-7-,12-9+,18-15+,19-16-,24-21-,26-25-,29-28-,34-31-,37-33-,50-47+. The number of nitrogens with one attached hydrogen (secondary N) is 1. The van der Waals surface area contributed by atoms with E-state index in [1.54, 1.807) is 6.08 Å². The summed E-state index contributed by atoms with van der Waals surface area (Å²) in [7, 11) is 0. The Labute approximate surface area is 455 Å². The van der Waals surface area contributed by atoms with Gasteiger partial charge in [-0.3, -0.25) is 9.59 Å². The molecule has 1 saturated heterocycles. The monoisotopic (exact) mass is 1050 g/mol. The van der Waals surface area contributed by atoms with Gasteiger partial charge in [-0.2, -0.15) is 0 Å². The largest absolute Gasteiger partial charge is 0.454 e. The van der Waals surface area contributed by atoms with Gasteiger partial charge >= 0.3 is 5.97 Å². The van der Waals surface area contributed by atoms with E-state index in [-0.39, 0.29) is 19.4 Å². The van der Waals surface area contributed by atoms with Crippen LogP contribution in [-0.2, 0) is 23.8 Å². The van der Waals surface area contributed by atoms with E-state index < -0.39 is 67.4 Å². The van der Waals surface area contributed by atoms with Gasteiger partial charge in [0.25, 0.3) is 0 Å². The number of carbonyl (C=O) groups is 2. The van der Waals surface area contributed by atoms with E-state index in [4.69, 9.17) is 14.2 Å². The van der Waals surface area contributed by atoms with Crippen LogP contribution in [0.1, 0.15) is 207 Å². The SMILES string of the molecule is CC/C=C\C/C=C\C/C=C\C/C=C\C/C=C\CCCCCCC(O)C(=O)NC(COC1OC(CO)C(O)C(O)C1OC(=O)CCCCC\C=C/C=C\C=C\C=C\CC)C(O)/C=C/CCCCCCCCCCCCC. The molecular weight excluding hydrogens is 943 g/mol. The molecule has 426 valence electrons. The summed E-state index contributed by atoms with van der Waals surface area (Å²) in [6.07, 6.45) is 59.5. The van der Waals surface area contributed by atoms with Crippen LogP contribution in [0.5, 0.6) is 0 Å². The van der Waals surface area contributed by atoms with Crippen LogP contribution in [0, 0.1) is 0 Å². The highest BCUT2D eigenvalue weighted by atomic mass is 16.7. The molecule has 75 heavy (non-hydrogen) atoms. The van der Waals surface area contributed by atoms with Crippen LogP contribution >= 0.6 is 0 Å². The van der Waals surface area contributed by atoms with Gasteiger partial charge in [0.1, 0.15) is 24.4 Å². The molecule has 1 aliphatic rings. The average Bonchev–Trinajstić information content (AvgIpc) is 3.41. The number of allylic oxidation sites excluding steroid dienone is 19. The van der Waals surface area contributed by atoms with Crippen molar-refractivity contribution in [1.82, 2.24) is 5.32 Å². The molecule has 0 saturated carbocycles. The maximum absolute atomic E-state index is 13.4. The van der Waals surface area contributed by atoms with E-state index in [0.29, 0.717) is 12.8 Å². The molecule has 0 radical (unpaired) electrons. The lowest BCUT2D eigenvalue weighted by atomic mass is 9.99. The molecule has 1 heterocycles. The second kappa shape index (κ2) is 50.9. The number of hydrogen-bond acceptors (Lipinski definition) is 10. The third-order valence-corrected chi connectivity index (χ3v) is 13.0. The van der Waals surface area contributed by atoms with Crippen LogP contribution in [0.3, 0.4) is 0 Å². The minimum Gasteiger partial charge on any atom is -0.454 e. The molecule has 1 rings (SSSR count). The van der Waals surface area contributed by atoms with Crippen molar-refractivity contribution in [2.45, 2.75) is 256 Å². The first-order chi connectivity index (χ1) is 36.7. The molecule has 0 spiro atoms. The van der Waals surface area contributed by atoms with E-state index in [1.165, 1.54) is 51.4 Å². The van der Waals surface area contributed by atoms with Gasteiger partial charge in [-0.1, -0.05) is 232 Å². The molecule has 0 aliphatic carbocycles. The van der Waals surface area contributed by atoms with E-state index in [1.807, 2.05) is 42.5 Å². The highest BCUT2D eigenvalue weighted by Crippen LogP contribution is 2.26. The highest BCUT2D eigenvalue weighted by Gasteiger charge is 2.47. The summed E-state index contributed by atoms with van der Waals surface area (Å²) in [5.74, 6) is -1.27. The number of carbonyl (C=O) groups excluding carboxylic acids is 2. The molecule has 1 amide bonds. The number of unbranched alkanes of at least 4 members (excludes halogenated alkanes) is 18. The topological polar surface area (TPSA) is 175 Å². The Kier molecular flexibility index (Phi) is 46.8. The molecule has 6 N–H and O–H groups in total. The molecule has 1 aliphatic heterocycles. The molecule has 11 nitrogen and oxygen atoms in total. The minimum atomic E-state index is -1.64. The lowest BCUT2D eigenvalue weighted by Crippen LogP contribution is -2.61. The third-order valence-electron chi connectivity index (χ3n) is 13.0. The van der Waals surface area contributed by atoms with Crippen LogP contribution in [0.15, 0.2) is 122 Å². The zero-order chi connectivity index (χ0) is 54.7. The van der Waals surface area contributed by atoms with Crippen molar-refractivity contribution >= 4 is 11.9 Å². The summed E-state index contributed by atoms with van der Waals surface area (Å²) in [6.45, 7) is 5.47. The lowest BCUT2D eigenvalue weighted by molar-refractivity contribution is -0.305. The lowest BCUT2D eigenvalue weighted by Gasteiger charge is -2.41. The first-order valence-electron chi connectivity index (χ1n) is 29.4. The Bertz CT molecular complexity index is 1680. The second-order valence-electron chi connectivity index (χ2n) is 19.7. The number of amides is 1. The molecular formula is C64H105NO10. The van der Waals surface area contributed by atoms with Crippen molar-refractivity contribution < 1.29 is 49.3 Å². The Morgan fingerprint density at radius 3 is 1.60 bits per heavy atom. The molecule has 0 aromatic carbocycles. The first kappa shape index (κ1) is 69.1. The van der Waals surface area contributed by atoms with Gasteiger partial charge in [0.15, 0.2) is 12.4 Å². The smallest absolute Gasteiger partial charge is 0.306 e. The van der Waals surface area contributed by atoms with Crippen LogP contribution in [-0.4, -0.2) is 99.6 Å². The van der Waals surface area contributed by atoms with E-state index in [9.17, 15) is 35.1 Å². The van der Waals surface area contributed by atoms with Gasteiger partial charge in [-0.15, -0.1) is 0 Å². The number of aliphatic hydroxyl groups is 5. The molecule has 8 unspecified atom stereocenters. The zero-order valence-electron chi connectivity index (χ0n) is 46.9. The number of rotatable bonds is 47. The van der Waals surface area contributed by atoms with Gasteiger partial charge in [-0.05, 0) is 89.9 Å². The molecule has 0 aromatic heterocycles. The van der Waals surface area contributed by atoms with Crippen LogP contribution in [0.4, 0.5) is 0 Å². The Morgan fingerprint density at radius 2 is 1.03 bits per heavy atom. The van der Waals surface area contributed by atoms with Crippen LogP contribution in [0.25, 0.3) is 0 Å². The maximum atomic E-state index is 13.4. The maximum Gasteiger partial charge on any atom is 0.306 e. The zero-order valence-corrected chi connectivity index (χ0v) is 46.9. The van der Waals surface area contributed by atoms with E-state index >= 15 is 0 Å². The highest BCUT2D eigenvalue weighted by molar-refractivity contribution is 5.80. The fourth-order valence-corrected chi connectivity index (χ4v) is 8.33. The van der Waals surface area contributed by atoms with Crippen molar-refractivity contribution in [3.05, 3.63) is 122 Å². The summed E-state index contributed by atoms with van der Waals surface area (Å²) < 4.78 is 17.5. The van der Waals surface area contributed by atoms with Crippen molar-refractivity contribution in [3.63, 3.8) is 0 Å². The van der Waals surface area contributed by atoms with Crippen molar-refractivity contribution in [2.24, 2.45) is 0 Å². The fraction of sp³-hybridized carbons (Fsp3) is 0.656. The fourth-order valence-electron chi connectivity index (χ4n) is 8.33. The van der Waals surface area contributed by atoms with E-state index in [0.717, 1.165) is 109 Å². The second-order valence-corrected chi connectivity index (χ2v) is 19.7. The number of esters is 1. The van der Waals surface area contributed by atoms with Gasteiger partial charge < -0.3 is 45.1 Å². The molecule has 8 atom stereocenters. The minimum absolute atomic E-state index is 0.0681. The number of aliphatic hydroxyl groups excluding tert-OH is 5. The number of hydrogen-bond donors (Lipinski definition) is 6. The van der Waals surface area contributed by atoms with Crippen molar-refractivity contribution in [1.29, 1.82) is 0 Å². The molecule has 1 fully saturated rings. The Hall–Kier alpha value is -3.94. The average molecular weight is 1050 g/mol. The summed E-state index contributed by atoms with van der Waals surface area (Å²) in [6, 6.07) is -1.05. The van der Waals surface area contributed by atoms with Gasteiger partial charge in [0.05, 0.1) is 25.4 Å². The summed E-state index contributed by atoms with van der Waals surface area (Å²) >= 11 is 0.